The number of carbonyl (C=O) groups excluding carboxylic acids is 2. The molecule has 209 valence electrons. The first-order chi connectivity index (χ1) is 17.6. The second-order valence-electron chi connectivity index (χ2n) is 7.05. The van der Waals surface area contributed by atoms with E-state index in [1.54, 1.807) is 60.2 Å². The summed E-state index contributed by atoms with van der Waals surface area (Å²) in [6, 6.07) is 25.4. The van der Waals surface area contributed by atoms with Crippen molar-refractivity contribution in [2.45, 2.75) is 9.79 Å². The fourth-order valence-electron chi connectivity index (χ4n) is 2.83. The maximum Gasteiger partial charge on any atom is 2.00 e. The van der Waals surface area contributed by atoms with Crippen LogP contribution in [0, 0.1) is 0 Å². The Hall–Kier alpha value is -2.54. The molecule has 4 aromatic rings. The van der Waals surface area contributed by atoms with Gasteiger partial charge in [-0.15, -0.1) is 23.5 Å². The van der Waals surface area contributed by atoms with Crippen LogP contribution < -0.4 is 55.2 Å². The molecule has 4 N–H and O–H groups in total. The van der Waals surface area contributed by atoms with Crippen LogP contribution in [0.4, 0.5) is 32.6 Å². The molecule has 8 nitrogen and oxygen atoms in total. The average Bonchev–Trinajstić information content (AvgIpc) is 2.90. The van der Waals surface area contributed by atoms with Crippen LogP contribution >= 0.6 is 23.5 Å². The molecule has 0 atom stereocenters. The SMILES string of the molecule is CSc1cccc(NC(=O)Nc2ccccn2)c1.CSc1cccc(NC(=O)Nc2ccccn2)c1.[Br-].[Br-].[Cu+2]. The summed E-state index contributed by atoms with van der Waals surface area (Å²) in [5.41, 5.74) is 1.52. The Labute approximate surface area is 268 Å². The van der Waals surface area contributed by atoms with E-state index in [1.165, 1.54) is 0 Å². The quantitative estimate of drug-likeness (QED) is 0.173. The number of hydrogen-bond acceptors (Lipinski definition) is 6. The van der Waals surface area contributed by atoms with E-state index in [0.717, 1.165) is 21.2 Å². The Bertz CT molecular complexity index is 1180. The minimum absolute atomic E-state index is 0. The minimum Gasteiger partial charge on any atom is -1.00 e. The second-order valence-corrected chi connectivity index (χ2v) is 8.81. The van der Waals surface area contributed by atoms with Gasteiger partial charge < -0.3 is 44.6 Å². The van der Waals surface area contributed by atoms with Crippen LogP contribution in [0.25, 0.3) is 0 Å². The van der Waals surface area contributed by atoms with Crippen LogP contribution in [0.15, 0.2) is 107 Å². The first-order valence-electron chi connectivity index (χ1n) is 10.8. The fourth-order valence-corrected chi connectivity index (χ4v) is 3.75. The van der Waals surface area contributed by atoms with Gasteiger partial charge in [-0.2, -0.15) is 0 Å². The van der Waals surface area contributed by atoms with Crippen molar-refractivity contribution in [1.29, 1.82) is 0 Å². The smallest absolute Gasteiger partial charge is 1.00 e. The van der Waals surface area contributed by atoms with Crippen molar-refractivity contribution >= 4 is 58.6 Å². The van der Waals surface area contributed by atoms with E-state index in [1.807, 2.05) is 73.2 Å². The van der Waals surface area contributed by atoms with Gasteiger partial charge in [-0.3, -0.25) is 10.6 Å². The third-order valence-electron chi connectivity index (χ3n) is 4.47. The van der Waals surface area contributed by atoms with Gasteiger partial charge in [0.2, 0.25) is 0 Å². The molecule has 0 saturated heterocycles. The minimum atomic E-state index is -0.299. The van der Waals surface area contributed by atoms with E-state index in [2.05, 4.69) is 31.2 Å². The normalized spacial score (nSPS) is 9.08. The molecule has 0 aliphatic rings. The summed E-state index contributed by atoms with van der Waals surface area (Å²) >= 11 is 3.26. The van der Waals surface area contributed by atoms with E-state index in [0.29, 0.717) is 11.6 Å². The molecule has 0 fully saturated rings. The molecule has 0 saturated carbocycles. The third-order valence-corrected chi connectivity index (χ3v) is 5.92. The Morgan fingerprint density at radius 3 is 1.33 bits per heavy atom. The number of nitrogens with zero attached hydrogens (tertiary/aromatic N) is 2. The van der Waals surface area contributed by atoms with Crippen molar-refractivity contribution in [3.63, 3.8) is 0 Å². The number of nitrogens with one attached hydrogen (secondary N) is 4. The summed E-state index contributed by atoms with van der Waals surface area (Å²) < 4.78 is 0. The Morgan fingerprint density at radius 1 is 0.590 bits per heavy atom. The summed E-state index contributed by atoms with van der Waals surface area (Å²) in [7, 11) is 0. The monoisotopic (exact) mass is 739 g/mol. The molecule has 4 rings (SSSR count). The number of carbonyl (C=O) groups is 2. The molecule has 0 unspecified atom stereocenters. The van der Waals surface area contributed by atoms with Gasteiger partial charge in [0.1, 0.15) is 11.6 Å². The van der Waals surface area contributed by atoms with Crippen molar-refractivity contribution in [2.24, 2.45) is 0 Å². The molecule has 0 bridgehead atoms. The molecule has 4 amide bonds. The second kappa shape index (κ2) is 20.4. The molecule has 0 aliphatic carbocycles. The van der Waals surface area contributed by atoms with Crippen molar-refractivity contribution in [3.05, 3.63) is 97.3 Å². The standard InChI is InChI=1S/2C13H13N3OS.2BrH.Cu/c2*1-18-11-6-4-5-10(9-11)15-13(17)16-12-7-2-3-8-14-12;;;/h2*2-9H,1H3,(H2,14,15,16,17);2*1H;/q;;;;+2/p-2. The first kappa shape index (κ1) is 36.5. The molecular weight excluding hydrogens is 716 g/mol. The van der Waals surface area contributed by atoms with Crippen LogP contribution in [-0.4, -0.2) is 34.5 Å². The van der Waals surface area contributed by atoms with E-state index in [9.17, 15) is 9.59 Å². The molecule has 0 spiro atoms. The summed E-state index contributed by atoms with van der Waals surface area (Å²) in [5.74, 6) is 1.05. The van der Waals surface area contributed by atoms with Crippen LogP contribution in [0.3, 0.4) is 0 Å². The molecule has 2 heterocycles. The number of pyridine rings is 2. The number of aromatic nitrogens is 2. The topological polar surface area (TPSA) is 108 Å². The predicted octanol–water partition coefficient (Wildman–Crippen LogP) is 0.901. The van der Waals surface area contributed by atoms with E-state index >= 15 is 0 Å². The Kier molecular flexibility index (Phi) is 19.0. The summed E-state index contributed by atoms with van der Waals surface area (Å²) in [4.78, 5) is 33.7. The van der Waals surface area contributed by atoms with Crippen LogP contribution in [0.1, 0.15) is 0 Å². The summed E-state index contributed by atoms with van der Waals surface area (Å²) in [5, 5.41) is 10.8. The zero-order valence-corrected chi connectivity index (χ0v) is 26.6. The van der Waals surface area contributed by atoms with Crippen LogP contribution in [0.2, 0.25) is 0 Å². The Morgan fingerprint density at radius 2 is 1.00 bits per heavy atom. The average molecular weight is 742 g/mol. The largest absolute Gasteiger partial charge is 2.00 e. The summed E-state index contributed by atoms with van der Waals surface area (Å²) in [6.07, 6.45) is 7.24. The molecule has 13 heteroatoms. The summed E-state index contributed by atoms with van der Waals surface area (Å²) in [6.45, 7) is 0. The number of halogens is 2. The number of rotatable bonds is 6. The molecular formula is C26H26Br2CuN6O2S2. The van der Waals surface area contributed by atoms with Gasteiger partial charge >= 0.3 is 29.1 Å². The number of benzene rings is 2. The van der Waals surface area contributed by atoms with Crippen LogP contribution in [-0.2, 0) is 17.1 Å². The van der Waals surface area contributed by atoms with Gasteiger partial charge in [0.05, 0.1) is 0 Å². The molecule has 39 heavy (non-hydrogen) atoms. The number of amides is 4. The predicted molar refractivity (Wildman–Crippen MR) is 150 cm³/mol. The number of anilines is 4. The zero-order valence-electron chi connectivity index (χ0n) is 20.8. The van der Waals surface area contributed by atoms with Crippen molar-refractivity contribution < 1.29 is 60.6 Å². The van der Waals surface area contributed by atoms with E-state index in [4.69, 9.17) is 0 Å². The van der Waals surface area contributed by atoms with Gasteiger partial charge in [-0.1, -0.05) is 24.3 Å². The van der Waals surface area contributed by atoms with Crippen molar-refractivity contribution in [2.75, 3.05) is 33.8 Å². The number of thioether (sulfide) groups is 2. The van der Waals surface area contributed by atoms with Gasteiger partial charge in [-0.25, -0.2) is 19.6 Å². The first-order valence-corrected chi connectivity index (χ1v) is 13.3. The fraction of sp³-hybridized carbons (Fsp3) is 0.0769. The van der Waals surface area contributed by atoms with Crippen LogP contribution in [0.5, 0.6) is 0 Å². The maximum atomic E-state index is 11.7. The van der Waals surface area contributed by atoms with E-state index in [-0.39, 0.29) is 63.1 Å². The molecule has 2 aromatic carbocycles. The third kappa shape index (κ3) is 13.9. The Balaban J connectivity index is 0.000000688. The van der Waals surface area contributed by atoms with Gasteiger partial charge in [0, 0.05) is 33.6 Å². The number of urea groups is 2. The van der Waals surface area contributed by atoms with Gasteiger partial charge in [-0.05, 0) is 73.2 Å². The van der Waals surface area contributed by atoms with E-state index < -0.39 is 0 Å². The van der Waals surface area contributed by atoms with Gasteiger partial charge in [0.15, 0.2) is 0 Å². The van der Waals surface area contributed by atoms with Gasteiger partial charge in [0.25, 0.3) is 0 Å². The number of hydrogen-bond donors (Lipinski definition) is 4. The van der Waals surface area contributed by atoms with Crippen molar-refractivity contribution in [1.82, 2.24) is 9.97 Å². The van der Waals surface area contributed by atoms with Crippen molar-refractivity contribution in [3.8, 4) is 0 Å². The molecule has 1 radical (unpaired) electrons. The molecule has 0 aliphatic heterocycles. The maximum absolute atomic E-state index is 11.7. The zero-order chi connectivity index (χ0) is 25.6. The molecule has 2 aromatic heterocycles.